The van der Waals surface area contributed by atoms with Gasteiger partial charge >= 0.3 is 0 Å². The summed E-state index contributed by atoms with van der Waals surface area (Å²) in [6.07, 6.45) is 0. The van der Waals surface area contributed by atoms with Crippen LogP contribution in [0.3, 0.4) is 0 Å². The van der Waals surface area contributed by atoms with Crippen molar-refractivity contribution >= 4 is 29.3 Å². The number of halogens is 2. The number of hydrogen-bond donors (Lipinski definition) is 1. The Bertz CT molecular complexity index is 1250. The van der Waals surface area contributed by atoms with Gasteiger partial charge in [-0.2, -0.15) is 0 Å². The third-order valence-corrected chi connectivity index (χ3v) is 6.17. The second-order valence-electron chi connectivity index (χ2n) is 7.42. The average molecular weight is 497 g/mol. The van der Waals surface area contributed by atoms with Gasteiger partial charge in [-0.1, -0.05) is 65.8 Å². The van der Waals surface area contributed by atoms with Gasteiger partial charge in [0.15, 0.2) is 22.5 Å². The molecule has 0 saturated carbocycles. The minimum atomic E-state index is -0.450. The molecule has 1 amide bonds. The number of carbonyl (C=O) groups is 1. The first-order valence-corrected chi connectivity index (χ1v) is 11.9. The molecule has 0 spiro atoms. The van der Waals surface area contributed by atoms with E-state index in [0.29, 0.717) is 16.0 Å². The Morgan fingerprint density at radius 3 is 2.50 bits per heavy atom. The molecule has 4 rings (SSSR count). The molecule has 4 aromatic rings. The van der Waals surface area contributed by atoms with Crippen LogP contribution < -0.4 is 10.1 Å². The molecule has 9 heteroatoms. The summed E-state index contributed by atoms with van der Waals surface area (Å²) in [5.74, 6) is 0.187. The van der Waals surface area contributed by atoms with Crippen molar-refractivity contribution in [3.63, 3.8) is 0 Å². The summed E-state index contributed by atoms with van der Waals surface area (Å²) in [6.45, 7) is 1.93. The van der Waals surface area contributed by atoms with Gasteiger partial charge in [0.25, 0.3) is 0 Å². The van der Waals surface area contributed by atoms with Crippen LogP contribution in [-0.4, -0.2) is 26.4 Å². The van der Waals surface area contributed by atoms with Gasteiger partial charge in [0.05, 0.1) is 11.8 Å². The van der Waals surface area contributed by atoms with Gasteiger partial charge in [-0.3, -0.25) is 9.36 Å². The number of aromatic nitrogens is 3. The molecule has 1 heterocycles. The summed E-state index contributed by atoms with van der Waals surface area (Å²) in [7, 11) is 0. The SMILES string of the molecule is CC(NC(=O)CSc1nnc(COc2ccccc2F)n1-c1ccccc1)c1ccc(Cl)cc1. The monoisotopic (exact) mass is 496 g/mol. The minimum Gasteiger partial charge on any atom is -0.483 e. The minimum absolute atomic E-state index is 0.0170. The van der Waals surface area contributed by atoms with Gasteiger partial charge in [0.1, 0.15) is 6.61 Å². The number of thioether (sulfide) groups is 1. The van der Waals surface area contributed by atoms with E-state index in [0.717, 1.165) is 11.3 Å². The van der Waals surface area contributed by atoms with Crippen LogP contribution in [0.1, 0.15) is 24.4 Å². The fourth-order valence-corrected chi connectivity index (χ4v) is 4.18. The maximum atomic E-state index is 14.0. The fourth-order valence-electron chi connectivity index (χ4n) is 3.28. The largest absolute Gasteiger partial charge is 0.483 e. The number of rotatable bonds is 9. The highest BCUT2D eigenvalue weighted by Crippen LogP contribution is 2.24. The van der Waals surface area contributed by atoms with Crippen molar-refractivity contribution in [2.45, 2.75) is 24.7 Å². The number of benzene rings is 3. The topological polar surface area (TPSA) is 69.0 Å². The number of nitrogens with zero attached hydrogens (tertiary/aromatic N) is 3. The average Bonchev–Trinajstić information content (AvgIpc) is 3.26. The molecule has 1 N–H and O–H groups in total. The Balaban J connectivity index is 1.46. The first-order chi connectivity index (χ1) is 16.5. The lowest BCUT2D eigenvalue weighted by Crippen LogP contribution is -2.28. The number of ether oxygens (including phenoxy) is 1. The zero-order valence-electron chi connectivity index (χ0n) is 18.3. The molecule has 6 nitrogen and oxygen atoms in total. The Hall–Kier alpha value is -3.36. The van der Waals surface area contributed by atoms with Crippen molar-refractivity contribution in [3.8, 4) is 11.4 Å². The lowest BCUT2D eigenvalue weighted by molar-refractivity contribution is -0.119. The molecule has 1 atom stereocenters. The van der Waals surface area contributed by atoms with Gasteiger partial charge in [-0.15, -0.1) is 10.2 Å². The lowest BCUT2D eigenvalue weighted by atomic mass is 10.1. The molecule has 0 saturated heterocycles. The molecule has 174 valence electrons. The van der Waals surface area contributed by atoms with Crippen molar-refractivity contribution in [2.75, 3.05) is 5.75 Å². The van der Waals surface area contributed by atoms with Crippen LogP contribution in [-0.2, 0) is 11.4 Å². The molecular formula is C25H22ClFN4O2S. The van der Waals surface area contributed by atoms with Crippen LogP contribution >= 0.6 is 23.4 Å². The third-order valence-electron chi connectivity index (χ3n) is 4.99. The molecule has 1 aromatic heterocycles. The number of hydrogen-bond acceptors (Lipinski definition) is 5. The summed E-state index contributed by atoms with van der Waals surface area (Å²) < 4.78 is 21.4. The number of para-hydroxylation sites is 2. The van der Waals surface area contributed by atoms with Crippen molar-refractivity contribution in [2.24, 2.45) is 0 Å². The van der Waals surface area contributed by atoms with E-state index in [4.69, 9.17) is 16.3 Å². The molecule has 0 aliphatic rings. The Morgan fingerprint density at radius 2 is 1.76 bits per heavy atom. The van der Waals surface area contributed by atoms with E-state index in [1.54, 1.807) is 34.9 Å². The first-order valence-electron chi connectivity index (χ1n) is 10.6. The van der Waals surface area contributed by atoms with Crippen LogP contribution in [0.25, 0.3) is 5.69 Å². The smallest absolute Gasteiger partial charge is 0.230 e. The molecule has 0 aliphatic heterocycles. The Labute approximate surface area is 206 Å². The normalized spacial score (nSPS) is 11.7. The number of nitrogens with one attached hydrogen (secondary N) is 1. The van der Waals surface area contributed by atoms with E-state index in [-0.39, 0.29) is 30.1 Å². The quantitative estimate of drug-likeness (QED) is 0.305. The Kier molecular flexibility index (Phi) is 7.82. The van der Waals surface area contributed by atoms with Gasteiger partial charge < -0.3 is 10.1 Å². The fraction of sp³-hybridized carbons (Fsp3) is 0.160. The van der Waals surface area contributed by atoms with E-state index in [1.165, 1.54) is 17.8 Å². The summed E-state index contributed by atoms with van der Waals surface area (Å²) in [4.78, 5) is 12.6. The summed E-state index contributed by atoms with van der Waals surface area (Å²) in [5.41, 5.74) is 1.78. The third kappa shape index (κ3) is 5.95. The molecule has 34 heavy (non-hydrogen) atoms. The highest BCUT2D eigenvalue weighted by Gasteiger charge is 2.18. The second kappa shape index (κ2) is 11.2. The summed E-state index contributed by atoms with van der Waals surface area (Å²) >= 11 is 7.20. The Morgan fingerprint density at radius 1 is 1.06 bits per heavy atom. The van der Waals surface area contributed by atoms with Gasteiger partial charge in [0, 0.05) is 10.7 Å². The zero-order chi connectivity index (χ0) is 23.9. The van der Waals surface area contributed by atoms with Crippen molar-refractivity contribution in [1.82, 2.24) is 20.1 Å². The number of carbonyl (C=O) groups excluding carboxylic acids is 1. The molecule has 0 fully saturated rings. The molecule has 0 radical (unpaired) electrons. The van der Waals surface area contributed by atoms with E-state index in [2.05, 4.69) is 15.5 Å². The lowest BCUT2D eigenvalue weighted by Gasteiger charge is -2.15. The molecule has 0 aliphatic carbocycles. The maximum Gasteiger partial charge on any atom is 0.230 e. The van der Waals surface area contributed by atoms with Gasteiger partial charge in [0.2, 0.25) is 5.91 Å². The second-order valence-corrected chi connectivity index (χ2v) is 8.80. The van der Waals surface area contributed by atoms with E-state index < -0.39 is 5.82 Å². The highest BCUT2D eigenvalue weighted by molar-refractivity contribution is 7.99. The first kappa shape index (κ1) is 23.8. The van der Waals surface area contributed by atoms with Gasteiger partial charge in [-0.05, 0) is 48.9 Å². The number of amides is 1. The van der Waals surface area contributed by atoms with Crippen molar-refractivity contribution in [1.29, 1.82) is 0 Å². The van der Waals surface area contributed by atoms with E-state index >= 15 is 0 Å². The van der Waals surface area contributed by atoms with E-state index in [1.807, 2.05) is 49.4 Å². The summed E-state index contributed by atoms with van der Waals surface area (Å²) in [6, 6.07) is 22.9. The predicted molar refractivity (Wildman–Crippen MR) is 131 cm³/mol. The van der Waals surface area contributed by atoms with Crippen LogP contribution in [0.15, 0.2) is 84.0 Å². The molecule has 3 aromatic carbocycles. The summed E-state index contributed by atoms with van der Waals surface area (Å²) in [5, 5.41) is 12.6. The van der Waals surface area contributed by atoms with Gasteiger partial charge in [-0.25, -0.2) is 4.39 Å². The zero-order valence-corrected chi connectivity index (χ0v) is 19.9. The predicted octanol–water partition coefficient (Wildman–Crippen LogP) is 5.61. The van der Waals surface area contributed by atoms with Crippen LogP contribution in [0.4, 0.5) is 4.39 Å². The molecule has 1 unspecified atom stereocenters. The highest BCUT2D eigenvalue weighted by atomic mass is 35.5. The van der Waals surface area contributed by atoms with Crippen LogP contribution in [0.5, 0.6) is 5.75 Å². The van der Waals surface area contributed by atoms with E-state index in [9.17, 15) is 9.18 Å². The van der Waals surface area contributed by atoms with Crippen LogP contribution in [0, 0.1) is 5.82 Å². The molecule has 0 bridgehead atoms. The van der Waals surface area contributed by atoms with Crippen molar-refractivity contribution < 1.29 is 13.9 Å². The maximum absolute atomic E-state index is 14.0. The molecular weight excluding hydrogens is 475 g/mol. The van der Waals surface area contributed by atoms with Crippen molar-refractivity contribution in [3.05, 3.63) is 101 Å². The van der Waals surface area contributed by atoms with Crippen LogP contribution in [0.2, 0.25) is 5.02 Å². The standard InChI is InChI=1S/C25H22ClFN4O2S/c1-17(18-11-13-19(26)14-12-18)28-24(32)16-34-25-30-29-23(31(25)20-7-3-2-4-8-20)15-33-22-10-6-5-9-21(22)27/h2-14,17H,15-16H2,1H3,(H,28,32).